The smallest absolute Gasteiger partial charge is 0.208 e. The van der Waals surface area contributed by atoms with E-state index in [1.165, 1.54) is 23.1 Å². The third-order valence-electron chi connectivity index (χ3n) is 4.34. The van der Waals surface area contributed by atoms with Crippen LogP contribution in [0.25, 0.3) is 11.0 Å². The number of carbonyl (C=O) groups excluding carboxylic acids is 1. The molecule has 1 aliphatic rings. The molecule has 1 aromatic carbocycles. The Kier molecular flexibility index (Phi) is 5.23. The summed E-state index contributed by atoms with van der Waals surface area (Å²) >= 11 is 2.84. The van der Waals surface area contributed by atoms with Crippen molar-refractivity contribution < 1.29 is 13.9 Å². The number of hydrogen-bond acceptors (Lipinski definition) is 8. The van der Waals surface area contributed by atoms with Gasteiger partial charge in [-0.3, -0.25) is 4.79 Å². The number of rotatable bonds is 7. The van der Waals surface area contributed by atoms with Gasteiger partial charge in [0.25, 0.3) is 0 Å². The van der Waals surface area contributed by atoms with E-state index >= 15 is 0 Å². The van der Waals surface area contributed by atoms with Gasteiger partial charge in [0, 0.05) is 24.1 Å². The Morgan fingerprint density at radius 3 is 3.08 bits per heavy atom. The van der Waals surface area contributed by atoms with Gasteiger partial charge in [-0.2, -0.15) is 0 Å². The van der Waals surface area contributed by atoms with Crippen molar-refractivity contribution in [3.8, 4) is 0 Å². The number of carbonyl (C=O) groups is 1. The van der Waals surface area contributed by atoms with E-state index < -0.39 is 0 Å². The second-order valence-corrected chi connectivity index (χ2v) is 8.35. The molecule has 0 unspecified atom stereocenters. The number of Topliss-reactive ketones (excluding diaryl/α,β-unsaturated/α-hetero) is 1. The van der Waals surface area contributed by atoms with Crippen LogP contribution in [0.1, 0.15) is 29.0 Å². The molecule has 1 atom stereocenters. The average molecular weight is 390 g/mol. The molecule has 8 heteroatoms. The monoisotopic (exact) mass is 389 g/mol. The van der Waals surface area contributed by atoms with E-state index in [-0.39, 0.29) is 17.6 Å². The molecule has 0 amide bonds. The fourth-order valence-corrected chi connectivity index (χ4v) is 4.60. The number of para-hydroxylation sites is 1. The van der Waals surface area contributed by atoms with Gasteiger partial charge in [-0.05, 0) is 25.8 Å². The number of nitrogens with one attached hydrogen (secondary N) is 1. The number of aromatic nitrogens is 2. The Bertz CT molecular complexity index is 915. The van der Waals surface area contributed by atoms with E-state index in [4.69, 9.17) is 9.15 Å². The first-order valence-electron chi connectivity index (χ1n) is 8.54. The standard InChI is InChI=1S/C18H19N3O3S2/c1-11-13-6-2-3-7-15(13)24-16(11)14(22)10-25-18-21-20-17(26-18)19-9-12-5-4-8-23-12/h2-3,6-7,12H,4-5,8-10H2,1H3,(H,19,20)/t12-/m0/s1. The first-order valence-corrected chi connectivity index (χ1v) is 10.3. The zero-order valence-electron chi connectivity index (χ0n) is 14.4. The number of nitrogens with zero attached hydrogens (tertiary/aromatic N) is 2. The molecule has 0 saturated carbocycles. The fraction of sp³-hybridized carbons (Fsp3) is 0.389. The number of anilines is 1. The highest BCUT2D eigenvalue weighted by Crippen LogP contribution is 2.29. The number of hydrogen-bond donors (Lipinski definition) is 1. The van der Waals surface area contributed by atoms with Crippen molar-refractivity contribution in [3.63, 3.8) is 0 Å². The van der Waals surface area contributed by atoms with Crippen LogP contribution in [0.4, 0.5) is 5.13 Å². The number of thioether (sulfide) groups is 1. The molecular weight excluding hydrogens is 370 g/mol. The molecule has 1 saturated heterocycles. The van der Waals surface area contributed by atoms with Gasteiger partial charge in [-0.1, -0.05) is 41.3 Å². The van der Waals surface area contributed by atoms with Crippen LogP contribution >= 0.6 is 23.1 Å². The summed E-state index contributed by atoms with van der Waals surface area (Å²) in [5, 5.41) is 13.3. The summed E-state index contributed by atoms with van der Waals surface area (Å²) in [5.41, 5.74) is 1.64. The quantitative estimate of drug-likeness (QED) is 0.480. The second kappa shape index (κ2) is 7.77. The Labute approximate surface area is 159 Å². The molecule has 6 nitrogen and oxygen atoms in total. The highest BCUT2D eigenvalue weighted by molar-refractivity contribution is 8.01. The molecule has 3 heterocycles. The molecule has 2 aromatic heterocycles. The van der Waals surface area contributed by atoms with Gasteiger partial charge in [-0.15, -0.1) is 10.2 Å². The first-order chi connectivity index (χ1) is 12.7. The van der Waals surface area contributed by atoms with Crippen LogP contribution in [0.15, 0.2) is 33.0 Å². The highest BCUT2D eigenvalue weighted by atomic mass is 32.2. The van der Waals surface area contributed by atoms with E-state index in [1.54, 1.807) is 0 Å². The number of ketones is 1. The van der Waals surface area contributed by atoms with Crippen LogP contribution in [-0.2, 0) is 4.74 Å². The molecule has 0 radical (unpaired) electrons. The maximum Gasteiger partial charge on any atom is 0.208 e. The molecule has 1 N–H and O–H groups in total. The Hall–Kier alpha value is -1.90. The van der Waals surface area contributed by atoms with Crippen LogP contribution in [0, 0.1) is 6.92 Å². The third kappa shape index (κ3) is 3.77. The molecule has 0 aliphatic carbocycles. The summed E-state index contributed by atoms with van der Waals surface area (Å²) in [7, 11) is 0. The summed E-state index contributed by atoms with van der Waals surface area (Å²) in [4.78, 5) is 12.5. The molecule has 0 spiro atoms. The largest absolute Gasteiger partial charge is 0.453 e. The van der Waals surface area contributed by atoms with Crippen LogP contribution in [0.3, 0.4) is 0 Å². The Morgan fingerprint density at radius 2 is 2.27 bits per heavy atom. The van der Waals surface area contributed by atoms with Gasteiger partial charge in [0.05, 0.1) is 11.9 Å². The van der Waals surface area contributed by atoms with Crippen molar-refractivity contribution in [2.45, 2.75) is 30.2 Å². The number of benzene rings is 1. The van der Waals surface area contributed by atoms with Crippen molar-refractivity contribution in [2.24, 2.45) is 0 Å². The molecule has 26 heavy (non-hydrogen) atoms. The lowest BCUT2D eigenvalue weighted by Gasteiger charge is -2.08. The SMILES string of the molecule is Cc1c(C(=O)CSc2nnc(NC[C@@H]3CCCO3)s2)oc2ccccc12. The number of ether oxygens (including phenoxy) is 1. The summed E-state index contributed by atoms with van der Waals surface area (Å²) in [6.07, 6.45) is 2.46. The minimum absolute atomic E-state index is 0.0345. The zero-order valence-corrected chi connectivity index (χ0v) is 16.0. The summed E-state index contributed by atoms with van der Waals surface area (Å²) in [6.45, 7) is 3.51. The van der Waals surface area contributed by atoms with Gasteiger partial charge < -0.3 is 14.5 Å². The first kappa shape index (κ1) is 17.5. The highest BCUT2D eigenvalue weighted by Gasteiger charge is 2.19. The molecule has 0 bridgehead atoms. The zero-order chi connectivity index (χ0) is 17.9. The molecule has 4 rings (SSSR count). The number of aryl methyl sites for hydroxylation is 1. The average Bonchev–Trinajstić information content (AvgIpc) is 3.39. The van der Waals surface area contributed by atoms with Crippen molar-refractivity contribution in [1.82, 2.24) is 10.2 Å². The molecule has 136 valence electrons. The maximum atomic E-state index is 12.5. The van der Waals surface area contributed by atoms with E-state index in [0.717, 1.165) is 52.0 Å². The van der Waals surface area contributed by atoms with Gasteiger partial charge in [0.1, 0.15) is 5.58 Å². The lowest BCUT2D eigenvalue weighted by molar-refractivity contribution is 0.0993. The van der Waals surface area contributed by atoms with Crippen LogP contribution < -0.4 is 5.32 Å². The predicted octanol–water partition coefficient (Wildman–Crippen LogP) is 4.16. The minimum Gasteiger partial charge on any atom is -0.453 e. The van der Waals surface area contributed by atoms with E-state index in [0.29, 0.717) is 5.76 Å². The van der Waals surface area contributed by atoms with E-state index in [1.807, 2.05) is 31.2 Å². The third-order valence-corrected chi connectivity index (χ3v) is 6.35. The topological polar surface area (TPSA) is 77.2 Å². The number of fused-ring (bicyclic) bond motifs is 1. The summed E-state index contributed by atoms with van der Waals surface area (Å²) < 4.78 is 12.1. The van der Waals surface area contributed by atoms with Crippen molar-refractivity contribution in [3.05, 3.63) is 35.6 Å². The fourth-order valence-electron chi connectivity index (χ4n) is 2.98. The van der Waals surface area contributed by atoms with Crippen molar-refractivity contribution in [2.75, 3.05) is 24.2 Å². The maximum absolute atomic E-state index is 12.5. The lowest BCUT2D eigenvalue weighted by atomic mass is 10.1. The van der Waals surface area contributed by atoms with Gasteiger partial charge in [-0.25, -0.2) is 0 Å². The summed E-state index contributed by atoms with van der Waals surface area (Å²) in [6, 6.07) is 7.69. The van der Waals surface area contributed by atoms with Crippen LogP contribution in [-0.4, -0.2) is 41.0 Å². The van der Waals surface area contributed by atoms with Gasteiger partial charge in [0.15, 0.2) is 10.1 Å². The van der Waals surface area contributed by atoms with E-state index in [9.17, 15) is 4.79 Å². The van der Waals surface area contributed by atoms with Crippen LogP contribution in [0.2, 0.25) is 0 Å². The molecule has 1 fully saturated rings. The predicted molar refractivity (Wildman–Crippen MR) is 103 cm³/mol. The lowest BCUT2D eigenvalue weighted by Crippen LogP contribution is -2.18. The van der Waals surface area contributed by atoms with Crippen LogP contribution in [0.5, 0.6) is 0 Å². The molecule has 3 aromatic rings. The van der Waals surface area contributed by atoms with Crippen molar-refractivity contribution in [1.29, 1.82) is 0 Å². The van der Waals surface area contributed by atoms with Gasteiger partial charge in [0.2, 0.25) is 10.9 Å². The van der Waals surface area contributed by atoms with Crippen molar-refractivity contribution >= 4 is 45.0 Å². The Morgan fingerprint density at radius 1 is 1.38 bits per heavy atom. The summed E-state index contributed by atoms with van der Waals surface area (Å²) in [5.74, 6) is 0.675. The minimum atomic E-state index is -0.0345. The molecular formula is C18H19N3O3S2. The number of furan rings is 1. The van der Waals surface area contributed by atoms with Gasteiger partial charge >= 0.3 is 0 Å². The Balaban J connectivity index is 1.34. The second-order valence-electron chi connectivity index (χ2n) is 6.15. The van der Waals surface area contributed by atoms with E-state index in [2.05, 4.69) is 15.5 Å². The molecule has 1 aliphatic heterocycles. The normalized spacial score (nSPS) is 17.0.